The van der Waals surface area contributed by atoms with Crippen molar-refractivity contribution in [2.45, 2.75) is 19.3 Å². The van der Waals surface area contributed by atoms with Gasteiger partial charge in [-0.3, -0.25) is 6.08 Å². The molecular weight excluding hydrogens is 124 g/mol. The van der Waals surface area contributed by atoms with Crippen LogP contribution in [0, 0.1) is 6.08 Å². The zero-order chi connectivity index (χ0) is 3.54. The zero-order valence-electron chi connectivity index (χ0n) is 3.50. The topological polar surface area (TPSA) is 0 Å². The van der Waals surface area contributed by atoms with Crippen molar-refractivity contribution in [3.8, 4) is 0 Å². The van der Waals surface area contributed by atoms with Crippen LogP contribution >= 0.6 is 0 Å². The normalized spacial score (nSPS) is 17.3. The van der Waals surface area contributed by atoms with Crippen LogP contribution in [-0.4, -0.2) is 0 Å². The molecule has 0 bridgehead atoms. The molecule has 38 valence electrons. The fraction of sp³-hybridized carbons (Fsp3) is 0.600. The Bertz CT molecular complexity index is 41.9. The Hall–Kier alpha value is 0.259. The minimum Gasteiger partial charge on any atom is -0.501 e. The molecule has 0 amide bonds. The van der Waals surface area contributed by atoms with E-state index < -0.39 is 0 Å². The van der Waals surface area contributed by atoms with Crippen molar-refractivity contribution < 1.29 is 17.1 Å². The van der Waals surface area contributed by atoms with Crippen LogP contribution in [0.25, 0.3) is 0 Å². The second-order valence-electron chi connectivity index (χ2n) is 1.30. The molecule has 0 aromatic heterocycles. The summed E-state index contributed by atoms with van der Waals surface area (Å²) in [6.07, 6.45) is 9.00. The van der Waals surface area contributed by atoms with Gasteiger partial charge in [0, 0.05) is 0 Å². The summed E-state index contributed by atoms with van der Waals surface area (Å²) in [5.74, 6) is 0. The molecule has 0 saturated carbocycles. The SMILES string of the molecule is [C-]1=CCCC1.[Cu+]. The van der Waals surface area contributed by atoms with Crippen molar-refractivity contribution in [3.05, 3.63) is 12.2 Å². The van der Waals surface area contributed by atoms with E-state index in [9.17, 15) is 0 Å². The number of hydrogen-bond donors (Lipinski definition) is 0. The monoisotopic (exact) mass is 130 g/mol. The van der Waals surface area contributed by atoms with Crippen molar-refractivity contribution in [2.24, 2.45) is 0 Å². The molecule has 0 nitrogen and oxygen atoms in total. The van der Waals surface area contributed by atoms with E-state index in [1.165, 1.54) is 19.3 Å². The molecule has 0 saturated heterocycles. The molecule has 1 rings (SSSR count). The quantitative estimate of drug-likeness (QED) is 0.345. The van der Waals surface area contributed by atoms with E-state index in [0.29, 0.717) is 0 Å². The molecule has 0 radical (unpaired) electrons. The first-order chi connectivity index (χ1) is 2.50. The molecular formula is C5H7Cu. The molecule has 0 heterocycles. The second-order valence-corrected chi connectivity index (χ2v) is 1.30. The van der Waals surface area contributed by atoms with Crippen LogP contribution < -0.4 is 0 Å². The number of rotatable bonds is 0. The predicted octanol–water partition coefficient (Wildman–Crippen LogP) is 1.53. The third-order valence-corrected chi connectivity index (χ3v) is 0.814. The van der Waals surface area contributed by atoms with Crippen LogP contribution in [0.15, 0.2) is 6.08 Å². The molecule has 0 aliphatic heterocycles. The number of allylic oxidation sites excluding steroid dienone is 2. The Balaban J connectivity index is 0.000000250. The van der Waals surface area contributed by atoms with E-state index in [4.69, 9.17) is 0 Å². The Morgan fingerprint density at radius 3 is 2.50 bits per heavy atom. The van der Waals surface area contributed by atoms with Crippen LogP contribution in [0.4, 0.5) is 0 Å². The van der Waals surface area contributed by atoms with Gasteiger partial charge in [0.15, 0.2) is 0 Å². The fourth-order valence-electron chi connectivity index (χ4n) is 0.510. The minimum atomic E-state index is 0. The van der Waals surface area contributed by atoms with Gasteiger partial charge in [0.1, 0.15) is 0 Å². The van der Waals surface area contributed by atoms with E-state index in [-0.39, 0.29) is 17.1 Å². The summed E-state index contributed by atoms with van der Waals surface area (Å²) in [5.41, 5.74) is 0. The van der Waals surface area contributed by atoms with Gasteiger partial charge in [0.05, 0.1) is 0 Å². The third kappa shape index (κ3) is 1.64. The van der Waals surface area contributed by atoms with E-state index in [2.05, 4.69) is 12.2 Å². The molecule has 0 aromatic rings. The first kappa shape index (κ1) is 6.26. The smallest absolute Gasteiger partial charge is 0.501 e. The van der Waals surface area contributed by atoms with E-state index in [0.717, 1.165) is 0 Å². The van der Waals surface area contributed by atoms with Crippen LogP contribution in [0.3, 0.4) is 0 Å². The van der Waals surface area contributed by atoms with Gasteiger partial charge in [-0.2, -0.15) is 6.42 Å². The van der Waals surface area contributed by atoms with Gasteiger partial charge in [-0.15, -0.1) is 0 Å². The summed E-state index contributed by atoms with van der Waals surface area (Å²) in [7, 11) is 0. The molecule has 0 fully saturated rings. The van der Waals surface area contributed by atoms with Crippen LogP contribution in [-0.2, 0) is 17.1 Å². The third-order valence-electron chi connectivity index (χ3n) is 0.814. The first-order valence-corrected chi connectivity index (χ1v) is 2.05. The van der Waals surface area contributed by atoms with Crippen molar-refractivity contribution in [1.82, 2.24) is 0 Å². The van der Waals surface area contributed by atoms with Gasteiger partial charge in [-0.25, -0.2) is 0 Å². The maximum absolute atomic E-state index is 3.10. The van der Waals surface area contributed by atoms with Gasteiger partial charge in [-0.05, 0) is 0 Å². The summed E-state index contributed by atoms with van der Waals surface area (Å²) in [4.78, 5) is 0. The van der Waals surface area contributed by atoms with Crippen LogP contribution in [0.1, 0.15) is 19.3 Å². The van der Waals surface area contributed by atoms with E-state index >= 15 is 0 Å². The molecule has 0 aromatic carbocycles. The van der Waals surface area contributed by atoms with Crippen LogP contribution in [0.5, 0.6) is 0 Å². The Morgan fingerprint density at radius 2 is 2.33 bits per heavy atom. The van der Waals surface area contributed by atoms with Crippen molar-refractivity contribution in [3.63, 3.8) is 0 Å². The molecule has 0 spiro atoms. The molecule has 1 aliphatic carbocycles. The van der Waals surface area contributed by atoms with Crippen molar-refractivity contribution >= 4 is 0 Å². The predicted molar refractivity (Wildman–Crippen MR) is 21.7 cm³/mol. The van der Waals surface area contributed by atoms with Crippen molar-refractivity contribution in [1.29, 1.82) is 0 Å². The van der Waals surface area contributed by atoms with Gasteiger partial charge in [0.25, 0.3) is 0 Å². The van der Waals surface area contributed by atoms with Crippen molar-refractivity contribution in [2.75, 3.05) is 0 Å². The molecule has 6 heavy (non-hydrogen) atoms. The maximum atomic E-state index is 3.10. The average Bonchev–Trinajstić information content (AvgIpc) is 1.76. The van der Waals surface area contributed by atoms with Gasteiger partial charge in [0.2, 0.25) is 0 Å². The Kier molecular flexibility index (Phi) is 3.60. The van der Waals surface area contributed by atoms with Crippen LogP contribution in [0.2, 0.25) is 0 Å². The molecule has 0 unspecified atom stereocenters. The maximum Gasteiger partial charge on any atom is 1.00 e. The zero-order valence-corrected chi connectivity index (χ0v) is 4.44. The molecule has 1 aliphatic rings. The Labute approximate surface area is 49.1 Å². The van der Waals surface area contributed by atoms with E-state index in [1.54, 1.807) is 0 Å². The average molecular weight is 131 g/mol. The number of hydrogen-bond acceptors (Lipinski definition) is 0. The Morgan fingerprint density at radius 1 is 1.50 bits per heavy atom. The summed E-state index contributed by atoms with van der Waals surface area (Å²) in [6, 6.07) is 0. The largest absolute Gasteiger partial charge is 1.00 e. The van der Waals surface area contributed by atoms with Gasteiger partial charge in [-0.1, -0.05) is 12.8 Å². The van der Waals surface area contributed by atoms with E-state index in [1.807, 2.05) is 0 Å². The first-order valence-electron chi connectivity index (χ1n) is 2.05. The standard InChI is InChI=1S/C5H7.Cu/c1-2-4-5-3-1;/h1H,2,4-5H2;/q-1;+1. The van der Waals surface area contributed by atoms with Gasteiger partial charge >= 0.3 is 17.1 Å². The summed E-state index contributed by atoms with van der Waals surface area (Å²) in [5, 5.41) is 0. The molecule has 1 heteroatoms. The summed E-state index contributed by atoms with van der Waals surface area (Å²) >= 11 is 0. The molecule has 0 N–H and O–H groups in total. The fourth-order valence-corrected chi connectivity index (χ4v) is 0.510. The molecule has 0 atom stereocenters. The second kappa shape index (κ2) is 3.45. The minimum absolute atomic E-state index is 0. The summed E-state index contributed by atoms with van der Waals surface area (Å²) in [6.45, 7) is 0. The van der Waals surface area contributed by atoms with Gasteiger partial charge < -0.3 is 6.08 Å². The summed E-state index contributed by atoms with van der Waals surface area (Å²) < 4.78 is 0.